The van der Waals surface area contributed by atoms with Crippen LogP contribution in [0.3, 0.4) is 0 Å². The van der Waals surface area contributed by atoms with Crippen LogP contribution in [0.2, 0.25) is 72.0 Å². The first-order valence-electron chi connectivity index (χ1n) is 40.8. The van der Waals surface area contributed by atoms with E-state index in [-0.39, 0.29) is 60.3 Å². The third-order valence-electron chi connectivity index (χ3n) is 22.2. The maximum atomic E-state index is 12.6. The summed E-state index contributed by atoms with van der Waals surface area (Å²) in [6, 6.07) is 133. The number of fused-ring (bicyclic) bond motifs is 9. The van der Waals surface area contributed by atoms with E-state index < -0.39 is 50.2 Å². The van der Waals surface area contributed by atoms with Gasteiger partial charge in [-0.25, -0.2) is 8.42 Å². The Bertz CT molecular complexity index is 6200. The Morgan fingerprint density at radius 3 is 0.976 bits per heavy atom. The smallest absolute Gasteiger partial charge is 0.173 e. The number of rotatable bonds is 11. The maximum absolute atomic E-state index is 12.6. The molecule has 0 spiro atoms. The standard InChI is InChI=1S/C32H28NSi2.C22H24NSi2.C20H18NO2SSi.3C11H8N.3Ir/c1-34(2,3)27-19-20-30(33-23-27)24-18-21-32-29(22-24)28-16-10-11-17-31(28)35(32,25-12-6-4-7-13-25)26-14-8-5-9-15-26;1-24(2,3)17-11-12-20(23-15-17)16-10-13-22-19(14-16)18-8-6-7-9-21(18)25(22,4)5;1-25(2,3)15-9-10-18(21-13-15)14-8-11-20-17(12-14)16-6-4-5-7-19(16)24(20,22)23;3*1-2-6-10(7-3-1)11-8-4-5-9-12-11;;;/h4-17,19-23H,1-3H3;6-9,11-15H,1-5H3;4-7,9-13H,1-3H3;3*1-6,8-9H;;;/q6*-1;;;. The van der Waals surface area contributed by atoms with Gasteiger partial charge < -0.3 is 29.9 Å². The van der Waals surface area contributed by atoms with E-state index in [2.05, 4.69) is 305 Å². The first-order valence-corrected chi connectivity index (χ1v) is 57.8. The van der Waals surface area contributed by atoms with E-state index in [9.17, 15) is 8.42 Å². The van der Waals surface area contributed by atoms with E-state index in [0.717, 1.165) is 78.7 Å². The molecule has 0 aliphatic carbocycles. The number of benzene rings is 11. The molecule has 17 aromatic rings. The van der Waals surface area contributed by atoms with Crippen molar-refractivity contribution in [3.63, 3.8) is 0 Å². The molecule has 0 N–H and O–H groups in total. The summed E-state index contributed by atoms with van der Waals surface area (Å²) >= 11 is 0. The van der Waals surface area contributed by atoms with Crippen molar-refractivity contribution in [3.8, 4) is 101 Å². The van der Waals surface area contributed by atoms with Gasteiger partial charge in [0, 0.05) is 97.5 Å². The number of aromatic nitrogens is 6. The van der Waals surface area contributed by atoms with Gasteiger partial charge in [0.05, 0.1) is 37.2 Å². The third kappa shape index (κ3) is 20.5. The molecule has 3 radical (unpaired) electrons. The van der Waals surface area contributed by atoms with Crippen LogP contribution in [0.5, 0.6) is 0 Å². The van der Waals surface area contributed by atoms with E-state index in [1.807, 2.05) is 158 Å². The summed E-state index contributed by atoms with van der Waals surface area (Å²) in [5.74, 6) is 0. The Morgan fingerprint density at radius 2 is 0.597 bits per heavy atom. The SMILES string of the molecule is C[Si](C)(C)c1ccc(-c2[c-]cc3c(c2)-c2ccccc2S3(=O)=O)nc1.C[Si](C)(C)c1ccc(-c2[c-]cc3c(c2)-c2ccccc2[Si]3(C)C)nc1.C[Si](C)(C)c1ccc(-c2[c-]cc3c(c2)-c2ccccc2[Si]3(c2ccccc2)c2ccccc2)nc1.[Ir].[Ir].[Ir].[c-]1ccccc1-c1ccccn1.[c-]1ccccc1-c1ccccn1.[c-]1ccccc1-c1ccccn1. The Labute approximate surface area is 778 Å². The minimum Gasteiger partial charge on any atom is -0.305 e. The Morgan fingerprint density at radius 1 is 0.266 bits per heavy atom. The van der Waals surface area contributed by atoms with Crippen LogP contribution in [0.1, 0.15) is 0 Å². The van der Waals surface area contributed by atoms with Crippen LogP contribution in [0.15, 0.2) is 381 Å². The Hall–Kier alpha value is -10.7. The molecule has 8 nitrogen and oxygen atoms in total. The molecule has 17 heteroatoms. The largest absolute Gasteiger partial charge is 0.305 e. The summed E-state index contributed by atoms with van der Waals surface area (Å²) in [6.07, 6.45) is 11.4. The molecule has 3 aliphatic rings. The van der Waals surface area contributed by atoms with Crippen LogP contribution in [-0.2, 0) is 70.2 Å². The van der Waals surface area contributed by atoms with Gasteiger partial charge in [-0.2, -0.15) is 0 Å². The molecule has 20 rings (SSSR count). The number of hydrogen-bond acceptors (Lipinski definition) is 8. The third-order valence-corrected chi connectivity index (χ3v) is 38.6. The fourth-order valence-corrected chi connectivity index (χ4v) is 28.5. The number of nitrogens with zero attached hydrogens (tertiary/aromatic N) is 6. The molecule has 0 bridgehead atoms. The molecular weight excluding hydrogens is 2150 g/mol. The van der Waals surface area contributed by atoms with E-state index >= 15 is 0 Å². The van der Waals surface area contributed by atoms with Gasteiger partial charge in [-0.3, -0.25) is 0 Å². The molecule has 0 saturated carbocycles. The fraction of sp³-hybridized carbons (Fsp3) is 0.103. The zero-order chi connectivity index (χ0) is 84.4. The molecule has 623 valence electrons. The Balaban J connectivity index is 0.000000142. The second-order valence-electron chi connectivity index (χ2n) is 33.7. The molecule has 0 fully saturated rings. The second kappa shape index (κ2) is 40.5. The Kier molecular flexibility index (Phi) is 30.2. The van der Waals surface area contributed by atoms with Gasteiger partial charge in [0.1, 0.15) is 8.07 Å². The molecule has 0 saturated heterocycles. The monoisotopic (exact) mass is 2250 g/mol. The van der Waals surface area contributed by atoms with Crippen molar-refractivity contribution in [2.45, 2.75) is 81.8 Å². The molecule has 0 amide bonds. The number of hydrogen-bond donors (Lipinski definition) is 0. The van der Waals surface area contributed by atoms with Crippen molar-refractivity contribution in [1.29, 1.82) is 0 Å². The van der Waals surface area contributed by atoms with Crippen LogP contribution in [-0.4, -0.2) is 78.7 Å². The second-order valence-corrected chi connectivity index (χ2v) is 58.9. The van der Waals surface area contributed by atoms with Crippen LogP contribution >= 0.6 is 0 Å². The summed E-state index contributed by atoms with van der Waals surface area (Å²) in [4.78, 5) is 27.6. The summed E-state index contributed by atoms with van der Waals surface area (Å²) in [5, 5.41) is 12.8. The van der Waals surface area contributed by atoms with E-state index in [1.54, 1.807) is 36.8 Å². The van der Waals surface area contributed by atoms with Crippen molar-refractivity contribution in [2.24, 2.45) is 0 Å². The molecule has 0 unspecified atom stereocenters. The van der Waals surface area contributed by atoms with Crippen molar-refractivity contribution >= 4 is 96.9 Å². The van der Waals surface area contributed by atoms with Crippen molar-refractivity contribution in [1.82, 2.24) is 29.9 Å². The fourth-order valence-electron chi connectivity index (χ4n) is 15.6. The van der Waals surface area contributed by atoms with Crippen LogP contribution in [0, 0.1) is 36.4 Å². The summed E-state index contributed by atoms with van der Waals surface area (Å²) in [5.41, 5.74) is 18.8. The predicted octanol–water partition coefficient (Wildman–Crippen LogP) is 19.9. The zero-order valence-corrected chi connectivity index (χ0v) is 84.1. The van der Waals surface area contributed by atoms with Gasteiger partial charge in [-0.15, -0.1) is 189 Å². The summed E-state index contributed by atoms with van der Waals surface area (Å²) < 4.78 is 25.3. The first-order chi connectivity index (χ1) is 58.5. The maximum Gasteiger partial charge on any atom is 0.173 e. The van der Waals surface area contributed by atoms with Crippen molar-refractivity contribution in [2.75, 3.05) is 0 Å². The summed E-state index contributed by atoms with van der Waals surface area (Å²) in [6.45, 7) is 25.9. The average Bonchev–Trinajstić information content (AvgIpc) is 1.55. The molecular formula is C107H94Ir3N6O2SSi5-6. The van der Waals surface area contributed by atoms with Crippen LogP contribution in [0.4, 0.5) is 0 Å². The van der Waals surface area contributed by atoms with Gasteiger partial charge in [-0.05, 0) is 101 Å². The number of sulfone groups is 1. The van der Waals surface area contributed by atoms with E-state index in [1.165, 1.54) is 68.9 Å². The molecule has 0 atom stereocenters. The van der Waals surface area contributed by atoms with Gasteiger partial charge in [0.25, 0.3) is 0 Å². The normalized spacial score (nSPS) is 12.7. The van der Waals surface area contributed by atoms with Crippen molar-refractivity contribution in [3.05, 3.63) is 407 Å². The first kappa shape index (κ1) is 92.5. The molecule has 3 aliphatic heterocycles. The van der Waals surface area contributed by atoms with E-state index in [4.69, 9.17) is 9.97 Å². The van der Waals surface area contributed by atoms with Gasteiger partial charge in [-0.1, -0.05) is 304 Å². The molecule has 124 heavy (non-hydrogen) atoms. The van der Waals surface area contributed by atoms with Gasteiger partial charge >= 0.3 is 0 Å². The van der Waals surface area contributed by atoms with Crippen LogP contribution < -0.4 is 46.7 Å². The predicted molar refractivity (Wildman–Crippen MR) is 516 cm³/mol. The number of pyridine rings is 6. The van der Waals surface area contributed by atoms with Gasteiger partial charge in [0.15, 0.2) is 9.84 Å². The van der Waals surface area contributed by atoms with Crippen LogP contribution in [0.25, 0.3) is 101 Å². The molecule has 11 aromatic carbocycles. The minimum atomic E-state index is -3.44. The molecule has 6 aromatic heterocycles. The summed E-state index contributed by atoms with van der Waals surface area (Å²) in [7, 11) is -11.5. The zero-order valence-electron chi connectivity index (χ0n) is 71.1. The minimum absolute atomic E-state index is 0. The average molecular weight is 2250 g/mol. The van der Waals surface area contributed by atoms with E-state index in [0.29, 0.717) is 9.79 Å². The molecule has 9 heterocycles. The van der Waals surface area contributed by atoms with Crippen molar-refractivity contribution < 1.29 is 68.7 Å². The van der Waals surface area contributed by atoms with Gasteiger partial charge in [0.2, 0.25) is 0 Å². The topological polar surface area (TPSA) is 111 Å². The quantitative estimate of drug-likeness (QED) is 0.0930.